The van der Waals surface area contributed by atoms with Crippen molar-refractivity contribution in [2.75, 3.05) is 31.1 Å². The van der Waals surface area contributed by atoms with Gasteiger partial charge >= 0.3 is 0 Å². The van der Waals surface area contributed by atoms with Gasteiger partial charge in [-0.05, 0) is 38.1 Å². The van der Waals surface area contributed by atoms with E-state index in [2.05, 4.69) is 33.8 Å². The number of aromatic nitrogens is 1. The van der Waals surface area contributed by atoms with Gasteiger partial charge in [0.05, 0.1) is 5.56 Å². The third-order valence-corrected chi connectivity index (χ3v) is 4.29. The van der Waals surface area contributed by atoms with Crippen LogP contribution in [0.1, 0.15) is 31.4 Å². The smallest absolute Gasteiger partial charge is 0.174 e. The Labute approximate surface area is 126 Å². The van der Waals surface area contributed by atoms with E-state index in [0.717, 1.165) is 49.5 Å². The molecule has 2 heterocycles. The Kier molecular flexibility index (Phi) is 5.01. The largest absolute Gasteiger partial charge is 0.409 e. The Hall–Kier alpha value is -1.82. The van der Waals surface area contributed by atoms with Crippen LogP contribution in [0.15, 0.2) is 17.4 Å². The fraction of sp³-hybridized carbons (Fsp3) is 0.600. The maximum absolute atomic E-state index is 9.00. The van der Waals surface area contributed by atoms with E-state index in [1.165, 1.54) is 0 Å². The zero-order chi connectivity index (χ0) is 15.4. The lowest BCUT2D eigenvalue weighted by Gasteiger charge is -2.27. The number of likely N-dealkylation sites (N-methyl/N-ethyl adjacent to an activating group) is 1. The maximum Gasteiger partial charge on any atom is 0.174 e. The SMILES string of the molecule is CCN(CC)C1CCN(c2nccc(C)c2/C(N)=N/O)C1. The monoisotopic (exact) mass is 291 g/mol. The predicted octanol–water partition coefficient (Wildman–Crippen LogP) is 1.41. The van der Waals surface area contributed by atoms with Crippen molar-refractivity contribution in [3.05, 3.63) is 23.4 Å². The Balaban J connectivity index is 2.26. The van der Waals surface area contributed by atoms with Crippen molar-refractivity contribution in [1.82, 2.24) is 9.88 Å². The summed E-state index contributed by atoms with van der Waals surface area (Å²) in [6.07, 6.45) is 2.90. The molecule has 3 N–H and O–H groups in total. The molecule has 6 nitrogen and oxygen atoms in total. The van der Waals surface area contributed by atoms with Gasteiger partial charge in [-0.3, -0.25) is 4.90 Å². The zero-order valence-electron chi connectivity index (χ0n) is 13.1. The van der Waals surface area contributed by atoms with Gasteiger partial charge in [0, 0.05) is 25.3 Å². The molecule has 0 aromatic carbocycles. The number of hydrogen-bond acceptors (Lipinski definition) is 5. The minimum atomic E-state index is 0.127. The van der Waals surface area contributed by atoms with E-state index in [1.54, 1.807) is 6.20 Å². The Morgan fingerprint density at radius 3 is 2.86 bits per heavy atom. The van der Waals surface area contributed by atoms with Crippen LogP contribution < -0.4 is 10.6 Å². The molecule has 0 spiro atoms. The standard InChI is InChI=1S/C15H25N5O/c1-4-19(5-2)12-7-9-20(10-12)15-13(14(16)18-21)11(3)6-8-17-15/h6,8,12,21H,4-5,7,9-10H2,1-3H3,(H2,16,18). The maximum atomic E-state index is 9.00. The summed E-state index contributed by atoms with van der Waals surface area (Å²) in [4.78, 5) is 9.18. The van der Waals surface area contributed by atoms with Crippen LogP contribution in [0.3, 0.4) is 0 Å². The van der Waals surface area contributed by atoms with Crippen LogP contribution >= 0.6 is 0 Å². The van der Waals surface area contributed by atoms with Gasteiger partial charge < -0.3 is 15.8 Å². The molecule has 21 heavy (non-hydrogen) atoms. The summed E-state index contributed by atoms with van der Waals surface area (Å²) in [6, 6.07) is 2.43. The highest BCUT2D eigenvalue weighted by atomic mass is 16.4. The van der Waals surface area contributed by atoms with Crippen molar-refractivity contribution in [3.8, 4) is 0 Å². The van der Waals surface area contributed by atoms with Crippen LogP contribution in [0.4, 0.5) is 5.82 Å². The van der Waals surface area contributed by atoms with Crippen molar-refractivity contribution in [2.24, 2.45) is 10.9 Å². The number of pyridine rings is 1. The average molecular weight is 291 g/mol. The summed E-state index contributed by atoms with van der Waals surface area (Å²) in [5.41, 5.74) is 7.54. The van der Waals surface area contributed by atoms with E-state index in [9.17, 15) is 0 Å². The number of rotatable bonds is 5. The number of nitrogens with two attached hydrogens (primary N) is 1. The lowest BCUT2D eigenvalue weighted by atomic mass is 10.1. The quantitative estimate of drug-likeness (QED) is 0.371. The van der Waals surface area contributed by atoms with E-state index in [-0.39, 0.29) is 5.84 Å². The lowest BCUT2D eigenvalue weighted by molar-refractivity contribution is 0.232. The second-order valence-electron chi connectivity index (χ2n) is 5.42. The number of anilines is 1. The number of oxime groups is 1. The fourth-order valence-electron chi connectivity index (χ4n) is 3.12. The van der Waals surface area contributed by atoms with Crippen molar-refractivity contribution in [1.29, 1.82) is 0 Å². The van der Waals surface area contributed by atoms with E-state index in [1.807, 2.05) is 13.0 Å². The van der Waals surface area contributed by atoms with Crippen LogP contribution in [0, 0.1) is 6.92 Å². The van der Waals surface area contributed by atoms with Gasteiger partial charge in [0.2, 0.25) is 0 Å². The molecule has 1 aromatic rings. The third-order valence-electron chi connectivity index (χ3n) is 4.29. The molecule has 0 bridgehead atoms. The minimum Gasteiger partial charge on any atom is -0.409 e. The van der Waals surface area contributed by atoms with Crippen LogP contribution in [-0.4, -0.2) is 53.1 Å². The van der Waals surface area contributed by atoms with Gasteiger partial charge in [0.15, 0.2) is 5.84 Å². The fourth-order valence-corrected chi connectivity index (χ4v) is 3.12. The number of nitrogens with zero attached hydrogens (tertiary/aromatic N) is 4. The highest BCUT2D eigenvalue weighted by Crippen LogP contribution is 2.26. The molecule has 1 atom stereocenters. The molecule has 1 fully saturated rings. The van der Waals surface area contributed by atoms with Gasteiger partial charge in [0.25, 0.3) is 0 Å². The van der Waals surface area contributed by atoms with Gasteiger partial charge in [-0.25, -0.2) is 4.98 Å². The second kappa shape index (κ2) is 6.76. The first kappa shape index (κ1) is 15.6. The highest BCUT2D eigenvalue weighted by molar-refractivity contribution is 6.02. The molecule has 0 saturated carbocycles. The lowest BCUT2D eigenvalue weighted by Crippen LogP contribution is -2.37. The summed E-state index contributed by atoms with van der Waals surface area (Å²) >= 11 is 0. The first-order valence-electron chi connectivity index (χ1n) is 7.54. The molecule has 0 aliphatic carbocycles. The van der Waals surface area contributed by atoms with E-state index in [0.29, 0.717) is 6.04 Å². The van der Waals surface area contributed by atoms with Crippen LogP contribution in [-0.2, 0) is 0 Å². The normalized spacial score (nSPS) is 19.5. The molecular formula is C15H25N5O. The molecular weight excluding hydrogens is 266 g/mol. The average Bonchev–Trinajstić information content (AvgIpc) is 2.97. The zero-order valence-corrected chi connectivity index (χ0v) is 13.1. The topological polar surface area (TPSA) is 78.0 Å². The van der Waals surface area contributed by atoms with E-state index >= 15 is 0 Å². The van der Waals surface area contributed by atoms with Crippen molar-refractivity contribution < 1.29 is 5.21 Å². The van der Waals surface area contributed by atoms with Gasteiger partial charge in [0.1, 0.15) is 5.82 Å². The number of aryl methyl sites for hydroxylation is 1. The summed E-state index contributed by atoms with van der Waals surface area (Å²) in [5.74, 6) is 0.946. The van der Waals surface area contributed by atoms with Crippen LogP contribution in [0.5, 0.6) is 0 Å². The van der Waals surface area contributed by atoms with Crippen LogP contribution in [0.2, 0.25) is 0 Å². The molecule has 0 amide bonds. The van der Waals surface area contributed by atoms with Crippen molar-refractivity contribution in [3.63, 3.8) is 0 Å². The Bertz CT molecular complexity index is 513. The second-order valence-corrected chi connectivity index (χ2v) is 5.42. The van der Waals surface area contributed by atoms with Crippen LogP contribution in [0.25, 0.3) is 0 Å². The molecule has 1 unspecified atom stereocenters. The Morgan fingerprint density at radius 1 is 1.52 bits per heavy atom. The highest BCUT2D eigenvalue weighted by Gasteiger charge is 2.29. The first-order valence-corrected chi connectivity index (χ1v) is 7.54. The predicted molar refractivity (Wildman–Crippen MR) is 85.0 cm³/mol. The molecule has 1 aliphatic rings. The molecule has 1 saturated heterocycles. The van der Waals surface area contributed by atoms with Gasteiger partial charge in [-0.15, -0.1) is 0 Å². The third kappa shape index (κ3) is 3.10. The molecule has 2 rings (SSSR count). The molecule has 0 radical (unpaired) electrons. The minimum absolute atomic E-state index is 0.127. The van der Waals surface area contributed by atoms with Gasteiger partial charge in [-0.1, -0.05) is 19.0 Å². The molecule has 116 valence electrons. The summed E-state index contributed by atoms with van der Waals surface area (Å²) in [5, 5.41) is 12.2. The van der Waals surface area contributed by atoms with Crippen molar-refractivity contribution in [2.45, 2.75) is 33.2 Å². The number of hydrogen-bond donors (Lipinski definition) is 2. The first-order chi connectivity index (χ1) is 10.1. The van der Waals surface area contributed by atoms with E-state index in [4.69, 9.17) is 10.9 Å². The molecule has 1 aromatic heterocycles. The molecule has 6 heteroatoms. The van der Waals surface area contributed by atoms with E-state index < -0.39 is 0 Å². The van der Waals surface area contributed by atoms with Crippen molar-refractivity contribution >= 4 is 11.7 Å². The summed E-state index contributed by atoms with van der Waals surface area (Å²) < 4.78 is 0. The summed E-state index contributed by atoms with van der Waals surface area (Å²) in [6.45, 7) is 10.3. The summed E-state index contributed by atoms with van der Waals surface area (Å²) in [7, 11) is 0. The Morgan fingerprint density at radius 2 is 2.24 bits per heavy atom. The number of amidine groups is 1. The van der Waals surface area contributed by atoms with Gasteiger partial charge in [-0.2, -0.15) is 0 Å². The molecule has 1 aliphatic heterocycles.